The summed E-state index contributed by atoms with van der Waals surface area (Å²) < 4.78 is 0. The number of carbonyl (C=O) groups is 2. The van der Waals surface area contributed by atoms with E-state index in [0.29, 0.717) is 30.9 Å². The molecule has 1 unspecified atom stereocenters. The molecule has 1 atom stereocenters. The number of rotatable bonds is 5. The number of amides is 2. The van der Waals surface area contributed by atoms with E-state index in [1.807, 2.05) is 36.4 Å². The number of hydrogen-bond acceptors (Lipinski definition) is 5. The maximum Gasteiger partial charge on any atom is 0.270 e. The minimum Gasteiger partial charge on any atom is -0.385 e. The van der Waals surface area contributed by atoms with E-state index < -0.39 is 5.41 Å². The Hall–Kier alpha value is -4.26. The van der Waals surface area contributed by atoms with Gasteiger partial charge in [-0.05, 0) is 47.7 Å². The lowest BCUT2D eigenvalue weighted by molar-refractivity contribution is -0.126. The fourth-order valence-corrected chi connectivity index (χ4v) is 4.73. The standard InChI is InChI=1S/C26H23N5O2/c1-2-3-8-20-23(27)31-25(33)26(20)12-17-11-22(29-15-18(17)13-26)24(32)30-14-16-6-4-9-21-19(16)7-5-10-28-21/h2-11,15H,1,12-14,27H2,(H,30,32)(H,31,33)/b8-3-. The monoisotopic (exact) mass is 437 g/mol. The van der Waals surface area contributed by atoms with Crippen molar-refractivity contribution in [2.45, 2.75) is 19.4 Å². The second kappa shape index (κ2) is 8.02. The molecular weight excluding hydrogens is 414 g/mol. The molecule has 33 heavy (non-hydrogen) atoms. The summed E-state index contributed by atoms with van der Waals surface area (Å²) in [6.07, 6.45) is 9.64. The van der Waals surface area contributed by atoms with Gasteiger partial charge >= 0.3 is 0 Å². The van der Waals surface area contributed by atoms with Crippen molar-refractivity contribution in [2.24, 2.45) is 11.1 Å². The molecule has 1 spiro atoms. The third-order valence-electron chi connectivity index (χ3n) is 6.36. The fourth-order valence-electron chi connectivity index (χ4n) is 4.73. The Labute approximate surface area is 191 Å². The zero-order chi connectivity index (χ0) is 23.0. The number of hydrogen-bond donors (Lipinski definition) is 3. The third kappa shape index (κ3) is 3.47. The van der Waals surface area contributed by atoms with Crippen LogP contribution in [0.25, 0.3) is 10.9 Å². The van der Waals surface area contributed by atoms with Crippen LogP contribution in [0, 0.1) is 5.41 Å². The topological polar surface area (TPSA) is 110 Å². The van der Waals surface area contributed by atoms with Gasteiger partial charge in [-0.3, -0.25) is 19.6 Å². The maximum atomic E-state index is 12.9. The van der Waals surface area contributed by atoms with Crippen LogP contribution in [0.4, 0.5) is 0 Å². The number of pyridine rings is 2. The van der Waals surface area contributed by atoms with Crippen LogP contribution in [-0.4, -0.2) is 21.8 Å². The van der Waals surface area contributed by atoms with E-state index in [1.54, 1.807) is 30.6 Å². The first kappa shape index (κ1) is 20.6. The molecule has 0 saturated heterocycles. The number of nitrogens with one attached hydrogen (secondary N) is 2. The highest BCUT2D eigenvalue weighted by Crippen LogP contribution is 2.46. The molecule has 5 rings (SSSR count). The number of aromatic nitrogens is 2. The summed E-state index contributed by atoms with van der Waals surface area (Å²) in [5, 5.41) is 6.71. The first-order chi connectivity index (χ1) is 16.0. The average Bonchev–Trinajstić information content (AvgIpc) is 3.32. The zero-order valence-electron chi connectivity index (χ0n) is 18.0. The van der Waals surface area contributed by atoms with Gasteiger partial charge in [-0.25, -0.2) is 0 Å². The minimum atomic E-state index is -0.779. The highest BCUT2D eigenvalue weighted by atomic mass is 16.2. The fraction of sp³-hybridized carbons (Fsp3) is 0.154. The van der Waals surface area contributed by atoms with Gasteiger partial charge in [0.1, 0.15) is 11.5 Å². The van der Waals surface area contributed by atoms with E-state index in [1.165, 1.54) is 0 Å². The molecule has 4 N–H and O–H groups in total. The lowest BCUT2D eigenvalue weighted by Crippen LogP contribution is -2.35. The van der Waals surface area contributed by atoms with Crippen molar-refractivity contribution in [3.8, 4) is 0 Å². The lowest BCUT2D eigenvalue weighted by Gasteiger charge is -2.21. The van der Waals surface area contributed by atoms with Crippen LogP contribution >= 0.6 is 0 Å². The van der Waals surface area contributed by atoms with Crippen molar-refractivity contribution < 1.29 is 9.59 Å². The summed E-state index contributed by atoms with van der Waals surface area (Å²) in [6, 6.07) is 11.5. The first-order valence-electron chi connectivity index (χ1n) is 10.7. The van der Waals surface area contributed by atoms with Crippen LogP contribution in [-0.2, 0) is 24.2 Å². The predicted octanol–water partition coefficient (Wildman–Crippen LogP) is 2.69. The molecule has 0 bridgehead atoms. The number of allylic oxidation sites excluding steroid dienone is 3. The summed E-state index contributed by atoms with van der Waals surface area (Å²) >= 11 is 0. The van der Waals surface area contributed by atoms with Crippen molar-refractivity contribution >= 4 is 22.7 Å². The van der Waals surface area contributed by atoms with Crippen molar-refractivity contribution in [1.82, 2.24) is 20.6 Å². The molecule has 0 saturated carbocycles. The minimum absolute atomic E-state index is 0.129. The SMILES string of the molecule is C=C/C=C\C1=C(N)NC(=O)C12Cc1cnc(C(=O)NCc3cccc4ncccc34)cc1C2. The molecule has 3 heterocycles. The number of nitrogens with zero attached hydrogens (tertiary/aromatic N) is 2. The smallest absolute Gasteiger partial charge is 0.270 e. The Morgan fingerprint density at radius 3 is 2.91 bits per heavy atom. The normalized spacial score (nSPS) is 19.3. The van der Waals surface area contributed by atoms with Gasteiger partial charge in [0, 0.05) is 29.9 Å². The van der Waals surface area contributed by atoms with Crippen molar-refractivity contribution in [1.29, 1.82) is 0 Å². The van der Waals surface area contributed by atoms with Crippen LogP contribution in [0.15, 0.2) is 85.0 Å². The van der Waals surface area contributed by atoms with E-state index in [2.05, 4.69) is 27.2 Å². The quantitative estimate of drug-likeness (QED) is 0.532. The molecule has 3 aromatic rings. The van der Waals surface area contributed by atoms with Gasteiger partial charge in [-0.1, -0.05) is 43.0 Å². The molecule has 2 aromatic heterocycles. The third-order valence-corrected chi connectivity index (χ3v) is 6.36. The Bertz CT molecular complexity index is 1370. The Balaban J connectivity index is 1.36. The van der Waals surface area contributed by atoms with Crippen LogP contribution in [0.5, 0.6) is 0 Å². The first-order valence-corrected chi connectivity index (χ1v) is 10.7. The molecule has 0 radical (unpaired) electrons. The number of fused-ring (bicyclic) bond motifs is 2. The van der Waals surface area contributed by atoms with Gasteiger partial charge in [0.25, 0.3) is 5.91 Å². The molecule has 1 aliphatic heterocycles. The van der Waals surface area contributed by atoms with E-state index in [4.69, 9.17) is 5.73 Å². The summed E-state index contributed by atoms with van der Waals surface area (Å²) in [6.45, 7) is 4.06. The van der Waals surface area contributed by atoms with Crippen LogP contribution < -0.4 is 16.4 Å². The second-order valence-corrected chi connectivity index (χ2v) is 8.32. The van der Waals surface area contributed by atoms with Gasteiger partial charge in [-0.2, -0.15) is 0 Å². The van der Waals surface area contributed by atoms with E-state index >= 15 is 0 Å². The van der Waals surface area contributed by atoms with Crippen molar-refractivity contribution in [3.63, 3.8) is 0 Å². The predicted molar refractivity (Wildman–Crippen MR) is 126 cm³/mol. The van der Waals surface area contributed by atoms with Gasteiger partial charge in [0.2, 0.25) is 5.91 Å². The number of nitrogens with two attached hydrogens (primary N) is 1. The summed E-state index contributed by atoms with van der Waals surface area (Å²) in [7, 11) is 0. The number of carbonyl (C=O) groups excluding carboxylic acids is 2. The van der Waals surface area contributed by atoms with Gasteiger partial charge in [0.15, 0.2) is 0 Å². The highest BCUT2D eigenvalue weighted by molar-refractivity contribution is 5.95. The summed E-state index contributed by atoms with van der Waals surface area (Å²) in [5.74, 6) is -0.0331. The molecule has 2 amide bonds. The molecule has 1 aliphatic carbocycles. The molecule has 7 nitrogen and oxygen atoms in total. The summed E-state index contributed by atoms with van der Waals surface area (Å²) in [4.78, 5) is 34.4. The Morgan fingerprint density at radius 1 is 1.21 bits per heavy atom. The van der Waals surface area contributed by atoms with E-state index in [9.17, 15) is 9.59 Å². The maximum absolute atomic E-state index is 12.9. The molecule has 2 aliphatic rings. The van der Waals surface area contributed by atoms with Crippen LogP contribution in [0.3, 0.4) is 0 Å². The second-order valence-electron chi connectivity index (χ2n) is 8.32. The molecule has 1 aromatic carbocycles. The average molecular weight is 438 g/mol. The van der Waals surface area contributed by atoms with Gasteiger partial charge in [0.05, 0.1) is 10.9 Å². The van der Waals surface area contributed by atoms with E-state index in [0.717, 1.165) is 33.2 Å². The van der Waals surface area contributed by atoms with Crippen molar-refractivity contribution in [2.75, 3.05) is 0 Å². The summed E-state index contributed by atoms with van der Waals surface area (Å²) in [5.41, 5.74) is 10.1. The highest BCUT2D eigenvalue weighted by Gasteiger charge is 2.51. The van der Waals surface area contributed by atoms with Crippen LogP contribution in [0.1, 0.15) is 27.2 Å². The van der Waals surface area contributed by atoms with Gasteiger partial charge < -0.3 is 16.4 Å². The zero-order valence-corrected chi connectivity index (χ0v) is 18.0. The van der Waals surface area contributed by atoms with Gasteiger partial charge in [-0.15, -0.1) is 0 Å². The van der Waals surface area contributed by atoms with E-state index in [-0.39, 0.29) is 11.8 Å². The molecule has 164 valence electrons. The van der Waals surface area contributed by atoms with Crippen LogP contribution in [0.2, 0.25) is 0 Å². The molecular formula is C26H23N5O2. The molecule has 7 heteroatoms. The molecule has 0 fully saturated rings. The Morgan fingerprint density at radius 2 is 2.06 bits per heavy atom. The Kier molecular flexibility index (Phi) is 5.01. The van der Waals surface area contributed by atoms with Crippen molar-refractivity contribution in [3.05, 3.63) is 107 Å². The number of benzene rings is 1. The largest absolute Gasteiger partial charge is 0.385 e. The lowest BCUT2D eigenvalue weighted by atomic mass is 9.78.